The van der Waals surface area contributed by atoms with E-state index in [2.05, 4.69) is 19.0 Å². The predicted molar refractivity (Wildman–Crippen MR) is 86.5 cm³/mol. The minimum atomic E-state index is -0.370. The summed E-state index contributed by atoms with van der Waals surface area (Å²) in [4.78, 5) is 2.28. The van der Waals surface area contributed by atoms with E-state index in [1.807, 2.05) is 18.2 Å². The van der Waals surface area contributed by atoms with Gasteiger partial charge in [0, 0.05) is 29.0 Å². The molecule has 0 atom stereocenters. The molecule has 1 aliphatic carbocycles. The summed E-state index contributed by atoms with van der Waals surface area (Å²) in [6.07, 6.45) is 3.69. The lowest BCUT2D eigenvalue weighted by Crippen LogP contribution is -2.49. The zero-order valence-corrected chi connectivity index (χ0v) is 14.3. The Balaban J connectivity index is 1.95. The second-order valence-electron chi connectivity index (χ2n) is 6.38. The molecule has 122 valence electrons. The molecule has 1 saturated carbocycles. The van der Waals surface area contributed by atoms with Gasteiger partial charge in [-0.25, -0.2) is 0 Å². The molecule has 1 heterocycles. The number of hydrogen-bond donors (Lipinski definition) is 0. The van der Waals surface area contributed by atoms with Crippen LogP contribution in [0.2, 0.25) is 5.02 Å². The fraction of sp³-hybridized carbons (Fsp3) is 0.647. The van der Waals surface area contributed by atoms with Crippen LogP contribution in [0.25, 0.3) is 0 Å². The molecule has 1 saturated heterocycles. The highest BCUT2D eigenvalue weighted by molar-refractivity contribution is 6.30. The van der Waals surface area contributed by atoms with Crippen molar-refractivity contribution >= 4 is 11.6 Å². The van der Waals surface area contributed by atoms with Crippen molar-refractivity contribution in [2.24, 2.45) is 0 Å². The van der Waals surface area contributed by atoms with Crippen LogP contribution in [0, 0.1) is 0 Å². The summed E-state index contributed by atoms with van der Waals surface area (Å²) in [5.41, 5.74) is 1.05. The average molecular weight is 326 g/mol. The SMILES string of the molecule is COc1ccc(Cl)cc1C1(N(C)C)CCC2(CC1)OCCO2. The molecule has 22 heavy (non-hydrogen) atoms. The lowest BCUT2D eigenvalue weighted by molar-refractivity contribution is -0.193. The van der Waals surface area contributed by atoms with E-state index in [4.69, 9.17) is 25.8 Å². The smallest absolute Gasteiger partial charge is 0.168 e. The molecular weight excluding hydrogens is 302 g/mol. The van der Waals surface area contributed by atoms with Crippen molar-refractivity contribution in [1.82, 2.24) is 4.90 Å². The molecule has 0 aromatic heterocycles. The standard InChI is InChI=1S/C17H24ClNO3/c1-19(2)16(14-12-13(18)4-5-15(14)20-3)6-8-17(9-7-16)21-10-11-22-17/h4-5,12H,6-11H2,1-3H3. The zero-order valence-electron chi connectivity index (χ0n) is 13.5. The average Bonchev–Trinajstić information content (AvgIpc) is 2.96. The van der Waals surface area contributed by atoms with E-state index in [9.17, 15) is 0 Å². The Morgan fingerprint density at radius 1 is 1.09 bits per heavy atom. The van der Waals surface area contributed by atoms with Crippen LogP contribution in [-0.2, 0) is 15.0 Å². The highest BCUT2D eigenvalue weighted by Gasteiger charge is 2.49. The quantitative estimate of drug-likeness (QED) is 0.852. The van der Waals surface area contributed by atoms with Crippen molar-refractivity contribution in [2.45, 2.75) is 37.0 Å². The minimum Gasteiger partial charge on any atom is -0.496 e. The second-order valence-corrected chi connectivity index (χ2v) is 6.81. The molecule has 0 bridgehead atoms. The van der Waals surface area contributed by atoms with Gasteiger partial charge in [0.15, 0.2) is 5.79 Å². The van der Waals surface area contributed by atoms with Gasteiger partial charge < -0.3 is 14.2 Å². The number of halogens is 1. The first-order valence-electron chi connectivity index (χ1n) is 7.81. The van der Waals surface area contributed by atoms with Gasteiger partial charge in [0.1, 0.15) is 5.75 Å². The van der Waals surface area contributed by atoms with E-state index in [-0.39, 0.29) is 11.3 Å². The van der Waals surface area contributed by atoms with E-state index in [1.165, 1.54) is 0 Å². The monoisotopic (exact) mass is 325 g/mol. The molecule has 0 N–H and O–H groups in total. The Kier molecular flexibility index (Phi) is 4.38. The Morgan fingerprint density at radius 3 is 2.27 bits per heavy atom. The van der Waals surface area contributed by atoms with Crippen LogP contribution in [0.5, 0.6) is 5.75 Å². The molecule has 1 aromatic carbocycles. The molecule has 0 amide bonds. The van der Waals surface area contributed by atoms with Crippen LogP contribution in [0.15, 0.2) is 18.2 Å². The lowest BCUT2D eigenvalue weighted by atomic mass is 9.73. The number of nitrogens with zero attached hydrogens (tertiary/aromatic N) is 1. The summed E-state index contributed by atoms with van der Waals surface area (Å²) in [5.74, 6) is 0.521. The summed E-state index contributed by atoms with van der Waals surface area (Å²) in [6.45, 7) is 1.41. The summed E-state index contributed by atoms with van der Waals surface area (Å²) in [5, 5.41) is 0.741. The van der Waals surface area contributed by atoms with Crippen LogP contribution in [0.1, 0.15) is 31.2 Å². The van der Waals surface area contributed by atoms with Gasteiger partial charge in [-0.2, -0.15) is 0 Å². The van der Waals surface area contributed by atoms with E-state index in [0.717, 1.165) is 42.0 Å². The zero-order chi connectivity index (χ0) is 15.8. The Hall–Kier alpha value is -0.810. The first-order chi connectivity index (χ1) is 10.5. The van der Waals surface area contributed by atoms with Gasteiger partial charge in [-0.3, -0.25) is 4.90 Å². The number of rotatable bonds is 3. The van der Waals surface area contributed by atoms with Gasteiger partial charge in [0.25, 0.3) is 0 Å². The highest BCUT2D eigenvalue weighted by atomic mass is 35.5. The molecule has 5 heteroatoms. The molecule has 2 aliphatic rings. The third kappa shape index (κ3) is 2.62. The summed E-state index contributed by atoms with van der Waals surface area (Å²) in [7, 11) is 5.95. The van der Waals surface area contributed by atoms with Crippen LogP contribution >= 0.6 is 11.6 Å². The predicted octanol–water partition coefficient (Wildman–Crippen LogP) is 3.42. The van der Waals surface area contributed by atoms with Crippen molar-refractivity contribution in [3.63, 3.8) is 0 Å². The topological polar surface area (TPSA) is 30.9 Å². The molecular formula is C17H24ClNO3. The normalized spacial score (nSPS) is 23.1. The van der Waals surface area contributed by atoms with Crippen LogP contribution in [-0.4, -0.2) is 45.1 Å². The third-order valence-electron chi connectivity index (χ3n) is 5.17. The van der Waals surface area contributed by atoms with Crippen molar-refractivity contribution in [2.75, 3.05) is 34.4 Å². The number of ether oxygens (including phenoxy) is 3. The number of benzene rings is 1. The van der Waals surface area contributed by atoms with Gasteiger partial charge in [-0.15, -0.1) is 0 Å². The lowest BCUT2D eigenvalue weighted by Gasteiger charge is -2.48. The summed E-state index contributed by atoms with van der Waals surface area (Å²) in [6, 6.07) is 5.87. The Bertz CT molecular complexity index is 531. The molecule has 3 rings (SSSR count). The first kappa shape index (κ1) is 16.1. The van der Waals surface area contributed by atoms with Gasteiger partial charge >= 0.3 is 0 Å². The number of hydrogen-bond acceptors (Lipinski definition) is 4. The van der Waals surface area contributed by atoms with Gasteiger partial charge in [-0.1, -0.05) is 11.6 Å². The maximum atomic E-state index is 6.26. The Morgan fingerprint density at radius 2 is 1.73 bits per heavy atom. The molecule has 1 aliphatic heterocycles. The van der Waals surface area contributed by atoms with E-state index in [0.29, 0.717) is 13.2 Å². The van der Waals surface area contributed by atoms with Crippen molar-refractivity contribution in [3.05, 3.63) is 28.8 Å². The summed E-state index contributed by atoms with van der Waals surface area (Å²) >= 11 is 6.26. The Labute approximate surface area is 137 Å². The van der Waals surface area contributed by atoms with Crippen LogP contribution in [0.4, 0.5) is 0 Å². The van der Waals surface area contributed by atoms with E-state index < -0.39 is 0 Å². The first-order valence-corrected chi connectivity index (χ1v) is 8.19. The van der Waals surface area contributed by atoms with Crippen molar-refractivity contribution in [1.29, 1.82) is 0 Å². The van der Waals surface area contributed by atoms with Crippen LogP contribution in [0.3, 0.4) is 0 Å². The van der Waals surface area contributed by atoms with E-state index in [1.54, 1.807) is 7.11 Å². The van der Waals surface area contributed by atoms with Crippen LogP contribution < -0.4 is 4.74 Å². The fourth-order valence-corrected chi connectivity index (χ4v) is 4.00. The molecule has 2 fully saturated rings. The van der Waals surface area contributed by atoms with Crippen molar-refractivity contribution in [3.8, 4) is 5.75 Å². The maximum absolute atomic E-state index is 6.26. The summed E-state index contributed by atoms with van der Waals surface area (Å²) < 4.78 is 17.3. The van der Waals surface area contributed by atoms with Gasteiger partial charge in [-0.05, 0) is 45.1 Å². The van der Waals surface area contributed by atoms with Gasteiger partial charge in [0.05, 0.1) is 20.3 Å². The van der Waals surface area contributed by atoms with Crippen molar-refractivity contribution < 1.29 is 14.2 Å². The maximum Gasteiger partial charge on any atom is 0.168 e. The molecule has 1 spiro atoms. The largest absolute Gasteiger partial charge is 0.496 e. The fourth-order valence-electron chi connectivity index (χ4n) is 3.83. The molecule has 4 nitrogen and oxygen atoms in total. The molecule has 0 unspecified atom stereocenters. The van der Waals surface area contributed by atoms with Gasteiger partial charge in [0.2, 0.25) is 0 Å². The highest BCUT2D eigenvalue weighted by Crippen LogP contribution is 2.50. The van der Waals surface area contributed by atoms with E-state index >= 15 is 0 Å². The third-order valence-corrected chi connectivity index (χ3v) is 5.41. The number of methoxy groups -OCH3 is 1. The second kappa shape index (κ2) is 6.00. The minimum absolute atomic E-state index is 0.100. The molecule has 1 aromatic rings. The molecule has 0 radical (unpaired) electrons.